The van der Waals surface area contributed by atoms with Gasteiger partial charge in [0.2, 0.25) is 10.0 Å². The van der Waals surface area contributed by atoms with Crippen LogP contribution >= 0.6 is 0 Å². The van der Waals surface area contributed by atoms with Gasteiger partial charge in [0, 0.05) is 18.5 Å². The Morgan fingerprint density at radius 2 is 1.74 bits per heavy atom. The summed E-state index contributed by atoms with van der Waals surface area (Å²) in [6, 6.07) is 6.54. The van der Waals surface area contributed by atoms with E-state index in [4.69, 9.17) is 0 Å². The lowest BCUT2D eigenvalue weighted by atomic mass is 10.2. The molecule has 0 saturated carbocycles. The molecule has 1 heterocycles. The molecule has 0 fully saturated rings. The molecule has 0 saturated heterocycles. The molecule has 5 nitrogen and oxygen atoms in total. The topological polar surface area (TPSA) is 59.5 Å². The summed E-state index contributed by atoms with van der Waals surface area (Å²) in [4.78, 5) is 3.74. The Labute approximate surface area is 150 Å². The molecule has 0 bridgehead atoms. The van der Waals surface area contributed by atoms with E-state index in [1.165, 1.54) is 24.5 Å². The number of anilines is 1. The van der Waals surface area contributed by atoms with Crippen LogP contribution < -0.4 is 9.04 Å². The summed E-state index contributed by atoms with van der Waals surface area (Å²) in [5.41, 5.74) is -0.171. The van der Waals surface area contributed by atoms with E-state index < -0.39 is 46.3 Å². The molecular weight excluding hydrogens is 402 g/mol. The van der Waals surface area contributed by atoms with Crippen LogP contribution in [0.3, 0.4) is 0 Å². The molecule has 0 aliphatic carbocycles. The molecule has 2 rings (SSSR count). The summed E-state index contributed by atoms with van der Waals surface area (Å²) >= 11 is 0. The zero-order valence-electron chi connectivity index (χ0n) is 13.3. The van der Waals surface area contributed by atoms with E-state index >= 15 is 0 Å². The first-order chi connectivity index (χ1) is 12.4. The van der Waals surface area contributed by atoms with Crippen LogP contribution in [0, 0.1) is 0 Å². The van der Waals surface area contributed by atoms with Gasteiger partial charge < -0.3 is 4.74 Å². The molecule has 0 amide bonds. The molecule has 2 aromatic rings. The number of benzene rings is 1. The Bertz CT molecular complexity index is 869. The molecule has 27 heavy (non-hydrogen) atoms. The third-order valence-electron chi connectivity index (χ3n) is 3.07. The van der Waals surface area contributed by atoms with Gasteiger partial charge in [0.05, 0.1) is 12.2 Å². The van der Waals surface area contributed by atoms with Gasteiger partial charge in [0.1, 0.15) is 5.75 Å². The van der Waals surface area contributed by atoms with Gasteiger partial charge in [-0.1, -0.05) is 12.1 Å². The van der Waals surface area contributed by atoms with Crippen molar-refractivity contribution in [2.24, 2.45) is 0 Å². The fraction of sp³-hybridized carbons (Fsp3) is 0.267. The number of hydrogen-bond donors (Lipinski definition) is 0. The summed E-state index contributed by atoms with van der Waals surface area (Å²) in [6.07, 6.45) is -7.48. The molecule has 0 radical (unpaired) electrons. The standard InChI is InChI=1S/C15H12F6N2O3S/c16-14(17,18)10-27(24,25)23(9-11-3-2-6-22-8-11)12-4-1-5-13(7-12)26-15(19,20)21/h1-8H,9-10H2. The number of hydrogen-bond acceptors (Lipinski definition) is 4. The van der Waals surface area contributed by atoms with Crippen LogP contribution in [0.15, 0.2) is 48.8 Å². The molecule has 0 aliphatic heterocycles. The van der Waals surface area contributed by atoms with Crippen molar-refractivity contribution in [1.82, 2.24) is 4.98 Å². The minimum atomic E-state index is -5.04. The third-order valence-corrected chi connectivity index (χ3v) is 4.77. The van der Waals surface area contributed by atoms with Gasteiger partial charge in [-0.2, -0.15) is 13.2 Å². The number of alkyl halides is 6. The number of rotatable bonds is 6. The summed E-state index contributed by atoms with van der Waals surface area (Å²) in [6.45, 7) is -0.554. The molecule has 0 N–H and O–H groups in total. The van der Waals surface area contributed by atoms with E-state index in [9.17, 15) is 34.8 Å². The second-order valence-electron chi connectivity index (χ2n) is 5.28. The summed E-state index contributed by atoms with van der Waals surface area (Å²) < 4.78 is 104. The van der Waals surface area contributed by atoms with Gasteiger partial charge in [-0.05, 0) is 23.8 Å². The lowest BCUT2D eigenvalue weighted by Gasteiger charge is -2.25. The van der Waals surface area contributed by atoms with Gasteiger partial charge in [0.25, 0.3) is 0 Å². The summed E-state index contributed by atoms with van der Waals surface area (Å²) in [5.74, 6) is -2.94. The molecule has 0 atom stereocenters. The van der Waals surface area contributed by atoms with E-state index in [2.05, 4.69) is 9.72 Å². The highest BCUT2D eigenvalue weighted by Crippen LogP contribution is 2.30. The predicted octanol–water partition coefficient (Wildman–Crippen LogP) is 3.88. The maximum atomic E-state index is 12.7. The molecule has 12 heteroatoms. The van der Waals surface area contributed by atoms with E-state index in [-0.39, 0.29) is 5.56 Å². The van der Waals surface area contributed by atoms with Crippen LogP contribution in [0.1, 0.15) is 5.56 Å². The predicted molar refractivity (Wildman–Crippen MR) is 83.4 cm³/mol. The van der Waals surface area contributed by atoms with Gasteiger partial charge in [0.15, 0.2) is 5.75 Å². The van der Waals surface area contributed by atoms with Crippen LogP contribution in [0.4, 0.5) is 32.0 Å². The number of pyridine rings is 1. The molecular formula is C15H12F6N2O3S. The fourth-order valence-corrected chi connectivity index (χ4v) is 3.48. The van der Waals surface area contributed by atoms with Crippen LogP contribution in [0.25, 0.3) is 0 Å². The zero-order valence-corrected chi connectivity index (χ0v) is 14.1. The van der Waals surface area contributed by atoms with Gasteiger partial charge in [-0.3, -0.25) is 9.29 Å². The molecule has 1 aromatic heterocycles. The average Bonchev–Trinajstić information content (AvgIpc) is 2.50. The van der Waals surface area contributed by atoms with E-state index in [1.54, 1.807) is 0 Å². The van der Waals surface area contributed by atoms with Crippen molar-refractivity contribution >= 4 is 15.7 Å². The first-order valence-corrected chi connectivity index (χ1v) is 8.78. The lowest BCUT2D eigenvalue weighted by Crippen LogP contribution is -2.37. The smallest absolute Gasteiger partial charge is 0.406 e. The minimum Gasteiger partial charge on any atom is -0.406 e. The second kappa shape index (κ2) is 7.62. The van der Waals surface area contributed by atoms with Crippen LogP contribution in [0.5, 0.6) is 5.75 Å². The highest BCUT2D eigenvalue weighted by Gasteiger charge is 2.39. The highest BCUT2D eigenvalue weighted by molar-refractivity contribution is 7.92. The van der Waals surface area contributed by atoms with E-state index in [0.717, 1.165) is 18.2 Å². The largest absolute Gasteiger partial charge is 0.573 e. The van der Waals surface area contributed by atoms with E-state index in [0.29, 0.717) is 10.4 Å². The normalized spacial score (nSPS) is 12.7. The maximum absolute atomic E-state index is 12.7. The van der Waals surface area contributed by atoms with Crippen molar-refractivity contribution in [3.63, 3.8) is 0 Å². The Morgan fingerprint density at radius 3 is 2.30 bits per heavy atom. The van der Waals surface area contributed by atoms with Crippen LogP contribution in [-0.2, 0) is 16.6 Å². The van der Waals surface area contributed by atoms with Gasteiger partial charge >= 0.3 is 12.5 Å². The second-order valence-corrected chi connectivity index (χ2v) is 7.18. The first kappa shape index (κ1) is 20.8. The van der Waals surface area contributed by atoms with Crippen LogP contribution in [-0.4, -0.2) is 31.7 Å². The number of aromatic nitrogens is 1. The molecule has 0 spiro atoms. The first-order valence-electron chi connectivity index (χ1n) is 7.18. The van der Waals surface area contributed by atoms with Crippen molar-refractivity contribution < 1.29 is 39.5 Å². The number of halogens is 6. The van der Waals surface area contributed by atoms with Crippen molar-refractivity contribution in [2.45, 2.75) is 19.1 Å². The number of sulfonamides is 1. The fourth-order valence-electron chi connectivity index (χ4n) is 2.13. The highest BCUT2D eigenvalue weighted by atomic mass is 32.2. The zero-order chi connectivity index (χ0) is 20.3. The maximum Gasteiger partial charge on any atom is 0.573 e. The molecule has 1 aromatic carbocycles. The third kappa shape index (κ3) is 6.62. The SMILES string of the molecule is O=S(=O)(CC(F)(F)F)N(Cc1cccnc1)c1cccc(OC(F)(F)F)c1. The van der Waals surface area contributed by atoms with Crippen LogP contribution in [0.2, 0.25) is 0 Å². The quantitative estimate of drug-likeness (QED) is 0.674. The Hall–Kier alpha value is -2.50. The number of nitrogens with zero attached hydrogens (tertiary/aromatic N) is 2. The molecule has 0 aliphatic rings. The summed E-state index contributed by atoms with van der Waals surface area (Å²) in [5, 5.41) is 0. The summed E-state index contributed by atoms with van der Waals surface area (Å²) in [7, 11) is -4.95. The van der Waals surface area contributed by atoms with Crippen molar-refractivity contribution in [3.8, 4) is 5.75 Å². The Kier molecular flexibility index (Phi) is 5.88. The lowest BCUT2D eigenvalue weighted by molar-refractivity contribution is -0.274. The molecule has 0 unspecified atom stereocenters. The Morgan fingerprint density at radius 1 is 1.04 bits per heavy atom. The monoisotopic (exact) mass is 414 g/mol. The number of ether oxygens (including phenoxy) is 1. The average molecular weight is 414 g/mol. The van der Waals surface area contributed by atoms with Gasteiger partial charge in [-0.15, -0.1) is 13.2 Å². The van der Waals surface area contributed by atoms with Gasteiger partial charge in [-0.25, -0.2) is 8.42 Å². The van der Waals surface area contributed by atoms with Crippen molar-refractivity contribution in [2.75, 3.05) is 10.1 Å². The minimum absolute atomic E-state index is 0.241. The Balaban J connectivity index is 2.45. The molecule has 148 valence electrons. The van der Waals surface area contributed by atoms with Crippen molar-refractivity contribution in [1.29, 1.82) is 0 Å². The van der Waals surface area contributed by atoms with Crippen molar-refractivity contribution in [3.05, 3.63) is 54.4 Å². The van der Waals surface area contributed by atoms with E-state index in [1.807, 2.05) is 0 Å².